The second-order valence-electron chi connectivity index (χ2n) is 13.6. The van der Waals surface area contributed by atoms with E-state index in [1.165, 1.54) is 51.4 Å². The highest BCUT2D eigenvalue weighted by atomic mass is 31.2. The van der Waals surface area contributed by atoms with Crippen LogP contribution in [0.3, 0.4) is 0 Å². The van der Waals surface area contributed by atoms with Crippen LogP contribution in [-0.4, -0.2) is 71.1 Å². The molecule has 12 nitrogen and oxygen atoms in total. The molecule has 0 spiro atoms. The number of aliphatic carboxylic acids is 1. The van der Waals surface area contributed by atoms with Crippen LogP contribution in [0.25, 0.3) is 0 Å². The standard InChI is InChI=1S/C41H72NO11P/c1-3-5-7-8-9-10-11-15-18-21-24-27-31-39(44)50-33-37(34-51-54(48,49)52-35-38(42)41(46)47)53-40(45)32-28-25-22-19-16-13-12-14-17-20-23-26-30-36(43)29-6-4-2/h12-13,17,19-20,22,26,30,36-38,43H,3-11,14-16,18,21,23-25,27-29,31-35,42H2,1-2H3,(H,46,47)(H,48,49)/b13-12-,20-17-,22-19-,30-26-/t36-,37-,38+/m1/s1. The van der Waals surface area contributed by atoms with Gasteiger partial charge < -0.3 is 30.3 Å². The van der Waals surface area contributed by atoms with Crippen LogP contribution in [0, 0.1) is 0 Å². The third-order valence-corrected chi connectivity index (χ3v) is 9.35. The summed E-state index contributed by atoms with van der Waals surface area (Å²) in [4.78, 5) is 45.8. The molecule has 0 saturated carbocycles. The van der Waals surface area contributed by atoms with E-state index in [0.717, 1.165) is 57.8 Å². The van der Waals surface area contributed by atoms with Gasteiger partial charge in [0.1, 0.15) is 12.6 Å². The summed E-state index contributed by atoms with van der Waals surface area (Å²) in [5.74, 6) is -2.48. The minimum atomic E-state index is -4.74. The Balaban J connectivity index is 4.54. The van der Waals surface area contributed by atoms with Crippen molar-refractivity contribution in [3.8, 4) is 0 Å². The molecule has 0 bridgehead atoms. The zero-order valence-corrected chi connectivity index (χ0v) is 34.1. The highest BCUT2D eigenvalue weighted by molar-refractivity contribution is 7.47. The lowest BCUT2D eigenvalue weighted by molar-refractivity contribution is -0.161. The number of hydrogen-bond donors (Lipinski definition) is 4. The molecule has 54 heavy (non-hydrogen) atoms. The number of esters is 2. The van der Waals surface area contributed by atoms with Crippen LogP contribution in [0.5, 0.6) is 0 Å². The Bertz CT molecular complexity index is 1120. The summed E-state index contributed by atoms with van der Waals surface area (Å²) in [5, 5.41) is 18.7. The van der Waals surface area contributed by atoms with E-state index in [-0.39, 0.29) is 25.6 Å². The smallest absolute Gasteiger partial charge is 0.472 e. The van der Waals surface area contributed by atoms with Gasteiger partial charge >= 0.3 is 25.7 Å². The first-order chi connectivity index (χ1) is 26.0. The summed E-state index contributed by atoms with van der Waals surface area (Å²) in [7, 11) is -4.74. The lowest BCUT2D eigenvalue weighted by Gasteiger charge is -2.20. The zero-order chi connectivity index (χ0) is 40.1. The first-order valence-corrected chi connectivity index (χ1v) is 21.7. The number of rotatable bonds is 37. The van der Waals surface area contributed by atoms with Crippen molar-refractivity contribution in [2.24, 2.45) is 5.73 Å². The first kappa shape index (κ1) is 51.4. The number of carbonyl (C=O) groups excluding carboxylic acids is 2. The molecule has 0 saturated heterocycles. The SMILES string of the molecule is CCCCCCCCCCCCCCC(=O)OC[C@H](COP(=O)(O)OC[C@H](N)C(=O)O)OC(=O)CCC/C=C\C/C=C\C/C=C\C/C=C\[C@H](O)CCCC. The van der Waals surface area contributed by atoms with Crippen LogP contribution in [0.1, 0.15) is 155 Å². The van der Waals surface area contributed by atoms with Crippen molar-refractivity contribution >= 4 is 25.7 Å². The molecule has 0 heterocycles. The summed E-state index contributed by atoms with van der Waals surface area (Å²) in [6, 6.07) is -1.54. The van der Waals surface area contributed by atoms with Crippen LogP contribution >= 0.6 is 7.82 Å². The Hall–Kier alpha value is -2.60. The van der Waals surface area contributed by atoms with Crippen molar-refractivity contribution in [1.82, 2.24) is 0 Å². The predicted molar refractivity (Wildman–Crippen MR) is 214 cm³/mol. The van der Waals surface area contributed by atoms with Crippen LogP contribution in [0.15, 0.2) is 48.6 Å². The van der Waals surface area contributed by atoms with Crippen LogP contribution in [-0.2, 0) is 37.5 Å². The van der Waals surface area contributed by atoms with Crippen molar-refractivity contribution in [2.75, 3.05) is 19.8 Å². The minimum absolute atomic E-state index is 0.0686. The number of aliphatic hydroxyl groups is 1. The molecule has 0 aromatic carbocycles. The number of allylic oxidation sites excluding steroid dienone is 7. The van der Waals surface area contributed by atoms with E-state index in [0.29, 0.717) is 19.3 Å². The average molecular weight is 786 g/mol. The lowest BCUT2D eigenvalue weighted by atomic mass is 10.0. The highest BCUT2D eigenvalue weighted by Gasteiger charge is 2.28. The maximum Gasteiger partial charge on any atom is 0.472 e. The van der Waals surface area contributed by atoms with Crippen molar-refractivity contribution in [1.29, 1.82) is 0 Å². The zero-order valence-electron chi connectivity index (χ0n) is 33.2. The number of phosphoric acid groups is 1. The van der Waals surface area contributed by atoms with E-state index < -0.39 is 51.1 Å². The molecule has 0 fully saturated rings. The number of aliphatic hydroxyl groups excluding tert-OH is 1. The topological polar surface area (TPSA) is 192 Å². The molecule has 1 unspecified atom stereocenters. The van der Waals surface area contributed by atoms with Crippen LogP contribution in [0.2, 0.25) is 0 Å². The molecule has 0 aliphatic carbocycles. The Labute approximate surface area is 325 Å². The van der Waals surface area contributed by atoms with Crippen LogP contribution in [0.4, 0.5) is 0 Å². The Kier molecular flexibility index (Phi) is 34.3. The number of hydrogen-bond acceptors (Lipinski definition) is 10. The predicted octanol–water partition coefficient (Wildman–Crippen LogP) is 9.19. The van der Waals surface area contributed by atoms with Gasteiger partial charge in [-0.3, -0.25) is 23.4 Å². The molecule has 0 aromatic rings. The number of ether oxygens (including phenoxy) is 2. The fourth-order valence-electron chi connectivity index (χ4n) is 5.13. The van der Waals surface area contributed by atoms with E-state index in [1.54, 1.807) is 0 Å². The summed E-state index contributed by atoms with van der Waals surface area (Å²) < 4.78 is 32.5. The molecule has 13 heteroatoms. The fourth-order valence-corrected chi connectivity index (χ4v) is 5.91. The molecular weight excluding hydrogens is 713 g/mol. The van der Waals surface area contributed by atoms with Crippen LogP contribution < -0.4 is 5.73 Å². The van der Waals surface area contributed by atoms with E-state index >= 15 is 0 Å². The molecule has 0 aliphatic rings. The van der Waals surface area contributed by atoms with Crippen molar-refractivity contribution < 1.29 is 52.6 Å². The summed E-state index contributed by atoms with van der Waals surface area (Å²) in [5.41, 5.74) is 5.31. The molecule has 312 valence electrons. The van der Waals surface area contributed by atoms with Gasteiger partial charge in [-0.1, -0.05) is 146 Å². The van der Waals surface area contributed by atoms with Crippen molar-refractivity contribution in [3.63, 3.8) is 0 Å². The highest BCUT2D eigenvalue weighted by Crippen LogP contribution is 2.43. The molecule has 5 N–H and O–H groups in total. The largest absolute Gasteiger partial charge is 0.480 e. The normalized spacial score (nSPS) is 14.9. The Morgan fingerprint density at radius 1 is 0.648 bits per heavy atom. The number of phosphoric ester groups is 1. The summed E-state index contributed by atoms with van der Waals surface area (Å²) >= 11 is 0. The van der Waals surface area contributed by atoms with E-state index in [9.17, 15) is 28.9 Å². The molecule has 0 aromatic heterocycles. The molecular formula is C41H72NO11P. The van der Waals surface area contributed by atoms with Gasteiger partial charge in [-0.25, -0.2) is 4.57 Å². The number of carbonyl (C=O) groups is 3. The molecule has 4 atom stereocenters. The van der Waals surface area contributed by atoms with Gasteiger partial charge in [0.05, 0.1) is 19.3 Å². The van der Waals surface area contributed by atoms with Gasteiger partial charge in [0.2, 0.25) is 0 Å². The Morgan fingerprint density at radius 2 is 1.15 bits per heavy atom. The third-order valence-electron chi connectivity index (χ3n) is 8.40. The molecule has 0 aliphatic heterocycles. The van der Waals surface area contributed by atoms with Crippen molar-refractivity contribution in [3.05, 3.63) is 48.6 Å². The average Bonchev–Trinajstić information content (AvgIpc) is 3.14. The Morgan fingerprint density at radius 3 is 1.72 bits per heavy atom. The quantitative estimate of drug-likeness (QED) is 0.0202. The van der Waals surface area contributed by atoms with Gasteiger partial charge in [-0.2, -0.15) is 0 Å². The number of carboxylic acids is 1. The van der Waals surface area contributed by atoms with Gasteiger partial charge in [-0.05, 0) is 44.9 Å². The van der Waals surface area contributed by atoms with Gasteiger partial charge in [0, 0.05) is 12.8 Å². The number of unbranched alkanes of at least 4 members (excludes halogenated alkanes) is 13. The van der Waals surface area contributed by atoms with Gasteiger partial charge in [-0.15, -0.1) is 0 Å². The number of carboxylic acid groups (broad SMARTS) is 1. The lowest BCUT2D eigenvalue weighted by Crippen LogP contribution is -2.34. The molecule has 0 rings (SSSR count). The van der Waals surface area contributed by atoms with Crippen molar-refractivity contribution in [2.45, 2.75) is 173 Å². The second kappa shape index (κ2) is 36.1. The van der Waals surface area contributed by atoms with Gasteiger partial charge in [0.25, 0.3) is 0 Å². The maximum atomic E-state index is 12.6. The minimum Gasteiger partial charge on any atom is -0.480 e. The molecule has 0 amide bonds. The third kappa shape index (κ3) is 35.1. The summed E-state index contributed by atoms with van der Waals surface area (Å²) in [6.07, 6.45) is 35.2. The van der Waals surface area contributed by atoms with E-state index in [2.05, 4.69) is 42.7 Å². The monoisotopic (exact) mass is 785 g/mol. The van der Waals surface area contributed by atoms with E-state index in [4.69, 9.17) is 24.8 Å². The molecule has 0 radical (unpaired) electrons. The second-order valence-corrected chi connectivity index (χ2v) is 15.0. The first-order valence-electron chi connectivity index (χ1n) is 20.3. The van der Waals surface area contributed by atoms with Gasteiger partial charge in [0.15, 0.2) is 6.10 Å². The maximum absolute atomic E-state index is 12.6. The van der Waals surface area contributed by atoms with E-state index in [1.807, 2.05) is 24.3 Å². The summed E-state index contributed by atoms with van der Waals surface area (Å²) in [6.45, 7) is 2.56. The number of nitrogens with two attached hydrogens (primary N) is 1. The fraction of sp³-hybridized carbons (Fsp3) is 0.732.